The molecule has 0 unspecified atom stereocenters. The molecule has 2 heterocycles. The van der Waals surface area contributed by atoms with E-state index in [1.165, 1.54) is 17.0 Å². The summed E-state index contributed by atoms with van der Waals surface area (Å²) in [6.45, 7) is 1.00. The molecule has 9 heteroatoms. The first-order valence-corrected chi connectivity index (χ1v) is 9.00. The average Bonchev–Trinajstić information content (AvgIpc) is 3.07. The smallest absolute Gasteiger partial charge is 0.417 e. The number of ether oxygens (including phenoxy) is 2. The van der Waals surface area contributed by atoms with E-state index >= 15 is 0 Å². The van der Waals surface area contributed by atoms with Crippen LogP contribution in [-0.4, -0.2) is 37.6 Å². The molecule has 2 amide bonds. The summed E-state index contributed by atoms with van der Waals surface area (Å²) in [6, 6.07) is 9.04. The highest BCUT2D eigenvalue weighted by atomic mass is 19.4. The Bertz CT molecular complexity index is 961. The Hall–Kier alpha value is -3.23. The number of amides is 2. The van der Waals surface area contributed by atoms with E-state index in [0.717, 1.165) is 12.1 Å². The van der Waals surface area contributed by atoms with E-state index in [0.29, 0.717) is 30.4 Å². The molecule has 152 valence electrons. The van der Waals surface area contributed by atoms with Gasteiger partial charge in [-0.1, -0.05) is 12.1 Å². The Morgan fingerprint density at radius 2 is 1.79 bits per heavy atom. The molecule has 29 heavy (non-hydrogen) atoms. The highest BCUT2D eigenvalue weighted by Gasteiger charge is 2.37. The summed E-state index contributed by atoms with van der Waals surface area (Å²) in [5, 5.41) is 2.54. The number of alkyl halides is 3. The van der Waals surface area contributed by atoms with E-state index in [1.54, 1.807) is 18.2 Å². The topological polar surface area (TPSA) is 67.9 Å². The molecule has 2 aliphatic heterocycles. The molecule has 1 saturated heterocycles. The molecular weight excluding hydrogens is 389 g/mol. The Morgan fingerprint density at radius 1 is 1.07 bits per heavy atom. The fourth-order valence-electron chi connectivity index (χ4n) is 3.45. The van der Waals surface area contributed by atoms with Crippen molar-refractivity contribution in [3.8, 4) is 11.5 Å². The summed E-state index contributed by atoms with van der Waals surface area (Å²) in [5.74, 6) is 0.00392. The first-order chi connectivity index (χ1) is 13.8. The van der Waals surface area contributed by atoms with Gasteiger partial charge in [-0.25, -0.2) is 0 Å². The number of nitrogens with zero attached hydrogens (tertiary/aromatic N) is 1. The quantitative estimate of drug-likeness (QED) is 0.851. The fraction of sp³-hybridized carbons (Fsp3) is 0.300. The largest absolute Gasteiger partial charge is 0.486 e. The van der Waals surface area contributed by atoms with Crippen LogP contribution in [0.25, 0.3) is 0 Å². The molecule has 2 aliphatic rings. The molecule has 1 N–H and O–H groups in total. The molecule has 0 aliphatic carbocycles. The molecule has 4 rings (SSSR count). The van der Waals surface area contributed by atoms with Crippen LogP contribution in [0.15, 0.2) is 42.5 Å². The van der Waals surface area contributed by atoms with Crippen LogP contribution in [0.5, 0.6) is 11.5 Å². The van der Waals surface area contributed by atoms with Crippen molar-refractivity contribution in [1.29, 1.82) is 0 Å². The van der Waals surface area contributed by atoms with Gasteiger partial charge in [0.1, 0.15) is 13.2 Å². The number of carbonyl (C=O) groups is 2. The lowest BCUT2D eigenvalue weighted by Gasteiger charge is -2.22. The van der Waals surface area contributed by atoms with Crippen LogP contribution in [0.1, 0.15) is 22.3 Å². The van der Waals surface area contributed by atoms with Crippen molar-refractivity contribution in [2.45, 2.75) is 18.6 Å². The van der Waals surface area contributed by atoms with Crippen molar-refractivity contribution >= 4 is 17.5 Å². The van der Waals surface area contributed by atoms with Crippen molar-refractivity contribution in [1.82, 2.24) is 5.32 Å². The number of anilines is 1. The van der Waals surface area contributed by atoms with Crippen LogP contribution < -0.4 is 19.7 Å². The Balaban J connectivity index is 1.49. The van der Waals surface area contributed by atoms with Crippen LogP contribution >= 0.6 is 0 Å². The summed E-state index contributed by atoms with van der Waals surface area (Å²) in [4.78, 5) is 26.3. The van der Waals surface area contributed by atoms with Crippen LogP contribution in [0, 0.1) is 0 Å². The third kappa shape index (κ3) is 3.85. The number of hydrogen-bond acceptors (Lipinski definition) is 4. The lowest BCUT2D eigenvalue weighted by Crippen LogP contribution is -2.38. The lowest BCUT2D eigenvalue weighted by atomic mass is 10.1. The van der Waals surface area contributed by atoms with Crippen molar-refractivity contribution in [3.05, 3.63) is 53.6 Å². The predicted molar refractivity (Wildman–Crippen MR) is 97.1 cm³/mol. The normalized spacial score (nSPS) is 18.7. The maximum Gasteiger partial charge on any atom is 0.417 e. The van der Waals surface area contributed by atoms with Crippen molar-refractivity contribution in [2.24, 2.45) is 0 Å². The molecular formula is C20H17F3N2O4. The van der Waals surface area contributed by atoms with Crippen LogP contribution in [0.2, 0.25) is 0 Å². The van der Waals surface area contributed by atoms with Gasteiger partial charge in [0.15, 0.2) is 11.5 Å². The molecule has 2 aromatic carbocycles. The molecule has 1 atom stereocenters. The minimum atomic E-state index is -4.64. The molecule has 0 bridgehead atoms. The average molecular weight is 406 g/mol. The molecule has 0 aromatic heterocycles. The summed E-state index contributed by atoms with van der Waals surface area (Å²) in [5.41, 5.74) is -0.901. The third-order valence-corrected chi connectivity index (χ3v) is 4.77. The van der Waals surface area contributed by atoms with Gasteiger partial charge in [0.2, 0.25) is 5.91 Å². The first-order valence-electron chi connectivity index (χ1n) is 9.00. The maximum absolute atomic E-state index is 13.1. The van der Waals surface area contributed by atoms with Gasteiger partial charge in [0.25, 0.3) is 5.91 Å². The monoisotopic (exact) mass is 406 g/mol. The van der Waals surface area contributed by atoms with Crippen LogP contribution in [0.4, 0.5) is 18.9 Å². The maximum atomic E-state index is 13.1. The van der Waals surface area contributed by atoms with Gasteiger partial charge in [0, 0.05) is 24.7 Å². The molecule has 6 nitrogen and oxygen atoms in total. The summed E-state index contributed by atoms with van der Waals surface area (Å²) in [6.07, 6.45) is -4.65. The number of halogens is 3. The molecule has 0 spiro atoms. The zero-order valence-electron chi connectivity index (χ0n) is 15.2. The van der Waals surface area contributed by atoms with E-state index in [2.05, 4.69) is 5.32 Å². The van der Waals surface area contributed by atoms with Gasteiger partial charge in [-0.15, -0.1) is 0 Å². The Kier molecular flexibility index (Phi) is 4.81. The standard InChI is InChI=1S/C20H17F3N2O4/c21-20(22,23)15-4-2-1-3-14(15)19(27)24-12-9-18(26)25(11-12)13-5-6-16-17(10-13)29-8-7-28-16/h1-6,10,12H,7-9,11H2,(H,24,27)/t12-/m1/s1. The highest BCUT2D eigenvalue weighted by Crippen LogP contribution is 2.35. The van der Waals surface area contributed by atoms with Gasteiger partial charge >= 0.3 is 6.18 Å². The summed E-state index contributed by atoms with van der Waals surface area (Å²) in [7, 11) is 0. The van der Waals surface area contributed by atoms with Gasteiger partial charge in [-0.3, -0.25) is 9.59 Å². The van der Waals surface area contributed by atoms with Crippen LogP contribution in [-0.2, 0) is 11.0 Å². The highest BCUT2D eigenvalue weighted by molar-refractivity contribution is 5.99. The van der Waals surface area contributed by atoms with Crippen molar-refractivity contribution < 1.29 is 32.2 Å². The second-order valence-electron chi connectivity index (χ2n) is 6.75. The fourth-order valence-corrected chi connectivity index (χ4v) is 3.45. The molecule has 0 radical (unpaired) electrons. The van der Waals surface area contributed by atoms with Crippen molar-refractivity contribution in [3.63, 3.8) is 0 Å². The molecule has 1 fully saturated rings. The molecule has 2 aromatic rings. The number of hydrogen-bond donors (Lipinski definition) is 1. The zero-order valence-corrected chi connectivity index (χ0v) is 15.2. The Labute approximate surface area is 164 Å². The summed E-state index contributed by atoms with van der Waals surface area (Å²) < 4.78 is 50.4. The number of rotatable bonds is 3. The van der Waals surface area contributed by atoms with Crippen LogP contribution in [0.3, 0.4) is 0 Å². The zero-order chi connectivity index (χ0) is 20.6. The second-order valence-corrected chi connectivity index (χ2v) is 6.75. The van der Waals surface area contributed by atoms with Gasteiger partial charge in [0.05, 0.1) is 17.2 Å². The Morgan fingerprint density at radius 3 is 2.55 bits per heavy atom. The predicted octanol–water partition coefficient (Wildman–Crippen LogP) is 3.01. The van der Waals surface area contributed by atoms with E-state index in [4.69, 9.17) is 9.47 Å². The molecule has 0 saturated carbocycles. The SMILES string of the molecule is O=C(N[C@@H]1CC(=O)N(c2ccc3c(c2)OCCO3)C1)c1ccccc1C(F)(F)F. The number of carbonyl (C=O) groups excluding carboxylic acids is 2. The minimum Gasteiger partial charge on any atom is -0.486 e. The first kappa shape index (κ1) is 19.1. The van der Waals surface area contributed by atoms with Crippen molar-refractivity contribution in [2.75, 3.05) is 24.7 Å². The summed E-state index contributed by atoms with van der Waals surface area (Å²) >= 11 is 0. The van der Waals surface area contributed by atoms with E-state index in [9.17, 15) is 22.8 Å². The van der Waals surface area contributed by atoms with E-state index < -0.39 is 29.3 Å². The van der Waals surface area contributed by atoms with E-state index in [1.807, 2.05) is 0 Å². The number of nitrogens with one attached hydrogen (secondary N) is 1. The minimum absolute atomic E-state index is 0.00559. The number of fused-ring (bicyclic) bond motifs is 1. The van der Waals surface area contributed by atoms with Gasteiger partial charge < -0.3 is 19.7 Å². The third-order valence-electron chi connectivity index (χ3n) is 4.77. The second kappa shape index (κ2) is 7.31. The number of benzene rings is 2. The lowest BCUT2D eigenvalue weighted by molar-refractivity contribution is -0.138. The van der Waals surface area contributed by atoms with Gasteiger partial charge in [-0.2, -0.15) is 13.2 Å². The van der Waals surface area contributed by atoms with E-state index in [-0.39, 0.29) is 18.9 Å². The van der Waals surface area contributed by atoms with Gasteiger partial charge in [-0.05, 0) is 24.3 Å².